The molecule has 0 spiro atoms. The highest BCUT2D eigenvalue weighted by atomic mass is 32.1. The Morgan fingerprint density at radius 1 is 1.48 bits per heavy atom. The van der Waals surface area contributed by atoms with Crippen LogP contribution in [-0.4, -0.2) is 17.5 Å². The molecule has 112 valence electrons. The van der Waals surface area contributed by atoms with Gasteiger partial charge in [0.2, 0.25) is 0 Å². The quantitative estimate of drug-likeness (QED) is 0.804. The number of aromatic nitrogens is 1. The van der Waals surface area contributed by atoms with Gasteiger partial charge in [-0.1, -0.05) is 6.92 Å². The summed E-state index contributed by atoms with van der Waals surface area (Å²) in [4.78, 5) is 16.5. The van der Waals surface area contributed by atoms with Crippen molar-refractivity contribution in [1.29, 1.82) is 0 Å². The Bertz CT molecular complexity index is 599. The van der Waals surface area contributed by atoms with E-state index in [2.05, 4.69) is 10.3 Å². The number of hydrogen-bond donors (Lipinski definition) is 2. The van der Waals surface area contributed by atoms with E-state index in [9.17, 15) is 4.79 Å². The molecule has 1 unspecified atom stereocenters. The minimum atomic E-state index is -0.160. The number of carbonyl (C=O) groups excluding carboxylic acids is 1. The van der Waals surface area contributed by atoms with Gasteiger partial charge in [0.1, 0.15) is 10.8 Å². The molecule has 21 heavy (non-hydrogen) atoms. The van der Waals surface area contributed by atoms with Crippen molar-refractivity contribution >= 4 is 22.9 Å². The van der Waals surface area contributed by atoms with Gasteiger partial charge in [-0.3, -0.25) is 4.79 Å². The zero-order chi connectivity index (χ0) is 15.2. The summed E-state index contributed by atoms with van der Waals surface area (Å²) in [5.74, 6) is 0.438. The molecule has 0 bridgehead atoms. The number of benzene rings is 1. The van der Waals surface area contributed by atoms with Crippen molar-refractivity contribution in [2.24, 2.45) is 0 Å². The number of rotatable bonds is 6. The lowest BCUT2D eigenvalue weighted by Crippen LogP contribution is -2.28. The topological polar surface area (TPSA) is 77.2 Å². The van der Waals surface area contributed by atoms with Gasteiger partial charge >= 0.3 is 0 Å². The number of ether oxygens (including phenoxy) is 1. The van der Waals surface area contributed by atoms with Gasteiger partial charge in [-0.15, -0.1) is 11.3 Å². The molecule has 0 aliphatic rings. The second-order valence-corrected chi connectivity index (χ2v) is 5.42. The second kappa shape index (κ2) is 7.08. The number of nitrogens with zero attached hydrogens (tertiary/aromatic N) is 1. The van der Waals surface area contributed by atoms with Crippen molar-refractivity contribution in [1.82, 2.24) is 10.3 Å². The van der Waals surface area contributed by atoms with Crippen molar-refractivity contribution in [2.45, 2.75) is 26.3 Å². The predicted octanol–water partition coefficient (Wildman–Crippen LogP) is 3.01. The Kier molecular flexibility index (Phi) is 5.16. The third kappa shape index (κ3) is 3.72. The van der Waals surface area contributed by atoms with Crippen LogP contribution in [0.2, 0.25) is 0 Å². The number of nitrogens with two attached hydrogens (primary N) is 1. The number of carbonyl (C=O) groups is 1. The molecule has 2 rings (SSSR count). The second-order valence-electron chi connectivity index (χ2n) is 4.49. The summed E-state index contributed by atoms with van der Waals surface area (Å²) in [5, 5.41) is 5.79. The van der Waals surface area contributed by atoms with E-state index in [1.54, 1.807) is 24.4 Å². The Morgan fingerprint density at radius 2 is 2.29 bits per heavy atom. The molecule has 1 amide bonds. The minimum Gasteiger partial charge on any atom is -0.492 e. The zero-order valence-electron chi connectivity index (χ0n) is 12.1. The van der Waals surface area contributed by atoms with Gasteiger partial charge in [0.15, 0.2) is 0 Å². The fourth-order valence-corrected chi connectivity index (χ4v) is 2.74. The standard InChI is InChI=1S/C15H19N3O2S/c1-3-12(15-17-7-8-21-15)18-14(19)10-5-6-13(20-4-2)11(16)9-10/h5-9,12H,3-4,16H2,1-2H3,(H,18,19). The highest BCUT2D eigenvalue weighted by Gasteiger charge is 2.16. The van der Waals surface area contributed by atoms with E-state index in [-0.39, 0.29) is 11.9 Å². The number of hydrogen-bond acceptors (Lipinski definition) is 5. The summed E-state index contributed by atoms with van der Waals surface area (Å²) >= 11 is 1.53. The van der Waals surface area contributed by atoms with Gasteiger partial charge < -0.3 is 15.8 Å². The number of amides is 1. The third-order valence-electron chi connectivity index (χ3n) is 3.03. The van der Waals surface area contributed by atoms with Crippen LogP contribution < -0.4 is 15.8 Å². The lowest BCUT2D eigenvalue weighted by molar-refractivity contribution is 0.0935. The van der Waals surface area contributed by atoms with Crippen LogP contribution in [0, 0.1) is 0 Å². The number of anilines is 1. The number of nitrogens with one attached hydrogen (secondary N) is 1. The Hall–Kier alpha value is -2.08. The molecule has 3 N–H and O–H groups in total. The van der Waals surface area contributed by atoms with Crippen LogP contribution in [0.5, 0.6) is 5.75 Å². The summed E-state index contributed by atoms with van der Waals surface area (Å²) in [6.07, 6.45) is 2.52. The highest BCUT2D eigenvalue weighted by molar-refractivity contribution is 7.09. The number of nitrogen functional groups attached to an aromatic ring is 1. The average Bonchev–Trinajstić information content (AvgIpc) is 3.01. The molecular weight excluding hydrogens is 286 g/mol. The first-order valence-electron chi connectivity index (χ1n) is 6.88. The highest BCUT2D eigenvalue weighted by Crippen LogP contribution is 2.24. The van der Waals surface area contributed by atoms with Crippen molar-refractivity contribution in [2.75, 3.05) is 12.3 Å². The molecule has 0 radical (unpaired) electrons. The van der Waals surface area contributed by atoms with E-state index in [0.29, 0.717) is 23.6 Å². The number of thiazole rings is 1. The van der Waals surface area contributed by atoms with E-state index < -0.39 is 0 Å². The molecule has 6 heteroatoms. The fraction of sp³-hybridized carbons (Fsp3) is 0.333. The van der Waals surface area contributed by atoms with Crippen molar-refractivity contribution in [3.8, 4) is 5.75 Å². The Balaban J connectivity index is 2.11. The van der Waals surface area contributed by atoms with Crippen LogP contribution in [0.3, 0.4) is 0 Å². The summed E-state index contributed by atoms with van der Waals surface area (Å²) in [6, 6.07) is 4.99. The van der Waals surface area contributed by atoms with E-state index in [0.717, 1.165) is 11.4 Å². The monoisotopic (exact) mass is 305 g/mol. The van der Waals surface area contributed by atoms with Crippen LogP contribution >= 0.6 is 11.3 Å². The van der Waals surface area contributed by atoms with E-state index >= 15 is 0 Å². The smallest absolute Gasteiger partial charge is 0.251 e. The van der Waals surface area contributed by atoms with E-state index in [1.807, 2.05) is 19.2 Å². The first kappa shape index (κ1) is 15.3. The van der Waals surface area contributed by atoms with Gasteiger partial charge in [-0.2, -0.15) is 0 Å². The van der Waals surface area contributed by atoms with Crippen molar-refractivity contribution in [3.63, 3.8) is 0 Å². The molecule has 0 aliphatic carbocycles. The first-order chi connectivity index (χ1) is 10.2. The Labute approximate surface area is 128 Å². The van der Waals surface area contributed by atoms with E-state index in [4.69, 9.17) is 10.5 Å². The van der Waals surface area contributed by atoms with E-state index in [1.165, 1.54) is 11.3 Å². The maximum Gasteiger partial charge on any atom is 0.251 e. The van der Waals surface area contributed by atoms with Gasteiger partial charge in [-0.05, 0) is 31.5 Å². The van der Waals surface area contributed by atoms with Crippen LogP contribution in [0.1, 0.15) is 41.7 Å². The lowest BCUT2D eigenvalue weighted by atomic mass is 10.1. The lowest BCUT2D eigenvalue weighted by Gasteiger charge is -2.15. The summed E-state index contributed by atoms with van der Waals surface area (Å²) in [6.45, 7) is 4.44. The molecule has 5 nitrogen and oxygen atoms in total. The summed E-state index contributed by atoms with van der Waals surface area (Å²) < 4.78 is 5.37. The van der Waals surface area contributed by atoms with Crippen LogP contribution in [0.25, 0.3) is 0 Å². The molecular formula is C15H19N3O2S. The molecule has 1 aromatic carbocycles. The maximum atomic E-state index is 12.3. The van der Waals surface area contributed by atoms with Crippen LogP contribution in [-0.2, 0) is 0 Å². The molecule has 0 saturated heterocycles. The summed E-state index contributed by atoms with van der Waals surface area (Å²) in [7, 11) is 0. The molecule has 1 atom stereocenters. The SMILES string of the molecule is CCOc1ccc(C(=O)NC(CC)c2nccs2)cc1N. The van der Waals surface area contributed by atoms with Gasteiger partial charge in [0, 0.05) is 17.1 Å². The largest absolute Gasteiger partial charge is 0.492 e. The van der Waals surface area contributed by atoms with Crippen LogP contribution in [0.4, 0.5) is 5.69 Å². The zero-order valence-corrected chi connectivity index (χ0v) is 12.9. The molecule has 2 aromatic rings. The summed E-state index contributed by atoms with van der Waals surface area (Å²) in [5.41, 5.74) is 6.87. The minimum absolute atomic E-state index is 0.0784. The molecule has 1 heterocycles. The van der Waals surface area contributed by atoms with Crippen molar-refractivity contribution in [3.05, 3.63) is 40.3 Å². The first-order valence-corrected chi connectivity index (χ1v) is 7.76. The fourth-order valence-electron chi connectivity index (χ4n) is 1.96. The van der Waals surface area contributed by atoms with Gasteiger partial charge in [-0.25, -0.2) is 4.98 Å². The third-order valence-corrected chi connectivity index (χ3v) is 3.92. The maximum absolute atomic E-state index is 12.3. The van der Waals surface area contributed by atoms with Crippen LogP contribution in [0.15, 0.2) is 29.8 Å². The molecule has 1 aromatic heterocycles. The Morgan fingerprint density at radius 3 is 2.86 bits per heavy atom. The average molecular weight is 305 g/mol. The van der Waals surface area contributed by atoms with Gasteiger partial charge in [0.25, 0.3) is 5.91 Å². The van der Waals surface area contributed by atoms with Crippen molar-refractivity contribution < 1.29 is 9.53 Å². The van der Waals surface area contributed by atoms with Gasteiger partial charge in [0.05, 0.1) is 18.3 Å². The molecule has 0 aliphatic heterocycles. The normalized spacial score (nSPS) is 11.9. The predicted molar refractivity (Wildman–Crippen MR) is 84.6 cm³/mol. The molecule has 0 saturated carbocycles. The molecule has 0 fully saturated rings.